The molecular formula is C20H19N3O3. The number of likely N-dealkylation sites (N-methyl/N-ethyl adjacent to an activating group) is 1. The van der Waals surface area contributed by atoms with Crippen LogP contribution in [0.2, 0.25) is 0 Å². The van der Waals surface area contributed by atoms with Gasteiger partial charge in [0.05, 0.1) is 12.3 Å². The number of nitrogens with one attached hydrogen (secondary N) is 1. The summed E-state index contributed by atoms with van der Waals surface area (Å²) in [4.78, 5) is 39.9. The molecule has 1 saturated heterocycles. The van der Waals surface area contributed by atoms with Gasteiger partial charge in [0, 0.05) is 37.1 Å². The van der Waals surface area contributed by atoms with Crippen LogP contribution in [0.25, 0.3) is 0 Å². The van der Waals surface area contributed by atoms with E-state index in [1.807, 2.05) is 42.5 Å². The van der Waals surface area contributed by atoms with E-state index in [1.165, 1.54) is 0 Å². The third-order valence-electron chi connectivity index (χ3n) is 4.99. The second-order valence-electron chi connectivity index (χ2n) is 6.70. The number of anilines is 3. The number of benzene rings is 2. The van der Waals surface area contributed by atoms with Crippen molar-refractivity contribution in [1.29, 1.82) is 0 Å². The van der Waals surface area contributed by atoms with Crippen LogP contribution in [0.15, 0.2) is 48.5 Å². The zero-order chi connectivity index (χ0) is 18.3. The van der Waals surface area contributed by atoms with Crippen molar-refractivity contribution in [2.45, 2.75) is 12.8 Å². The molecule has 0 saturated carbocycles. The van der Waals surface area contributed by atoms with Gasteiger partial charge in [-0.3, -0.25) is 14.4 Å². The molecular weight excluding hydrogens is 330 g/mol. The predicted octanol–water partition coefficient (Wildman–Crippen LogP) is 2.20. The Morgan fingerprint density at radius 1 is 1.08 bits per heavy atom. The molecule has 6 heteroatoms. The fraction of sp³-hybridized carbons (Fsp3) is 0.250. The summed E-state index contributed by atoms with van der Waals surface area (Å²) in [5, 5.41) is 2.89. The fourth-order valence-electron chi connectivity index (χ4n) is 3.53. The lowest BCUT2D eigenvalue weighted by Crippen LogP contribution is -2.28. The zero-order valence-corrected chi connectivity index (χ0v) is 14.4. The van der Waals surface area contributed by atoms with Crippen molar-refractivity contribution in [2.24, 2.45) is 5.92 Å². The SMILES string of the molecule is CN1C(=O)Cc2cc(NC(=O)C3CC(=O)N(c4ccccc4)C3)ccc21. The lowest BCUT2D eigenvalue weighted by Gasteiger charge is -2.16. The van der Waals surface area contributed by atoms with Crippen molar-refractivity contribution >= 4 is 34.8 Å². The monoisotopic (exact) mass is 349 g/mol. The molecule has 0 aromatic heterocycles. The number of para-hydroxylation sites is 1. The average molecular weight is 349 g/mol. The van der Waals surface area contributed by atoms with Crippen LogP contribution in [0.1, 0.15) is 12.0 Å². The molecule has 0 bridgehead atoms. The summed E-state index contributed by atoms with van der Waals surface area (Å²) in [6.07, 6.45) is 0.548. The minimum Gasteiger partial charge on any atom is -0.326 e. The minimum absolute atomic E-state index is 0.0440. The normalized spacial score (nSPS) is 19.0. The zero-order valence-electron chi connectivity index (χ0n) is 14.4. The van der Waals surface area contributed by atoms with Crippen LogP contribution in [0, 0.1) is 5.92 Å². The van der Waals surface area contributed by atoms with Gasteiger partial charge in [0.25, 0.3) is 0 Å². The number of rotatable bonds is 3. The second-order valence-corrected chi connectivity index (χ2v) is 6.70. The fourth-order valence-corrected chi connectivity index (χ4v) is 3.53. The number of nitrogens with zero attached hydrogens (tertiary/aromatic N) is 2. The molecule has 2 aromatic carbocycles. The van der Waals surface area contributed by atoms with Crippen molar-refractivity contribution < 1.29 is 14.4 Å². The summed E-state index contributed by atoms with van der Waals surface area (Å²) < 4.78 is 0. The number of hydrogen-bond acceptors (Lipinski definition) is 3. The van der Waals surface area contributed by atoms with Crippen LogP contribution >= 0.6 is 0 Å². The van der Waals surface area contributed by atoms with E-state index in [4.69, 9.17) is 0 Å². The maximum absolute atomic E-state index is 12.6. The first-order chi connectivity index (χ1) is 12.5. The van der Waals surface area contributed by atoms with Gasteiger partial charge in [-0.15, -0.1) is 0 Å². The van der Waals surface area contributed by atoms with Crippen LogP contribution in [-0.2, 0) is 20.8 Å². The lowest BCUT2D eigenvalue weighted by molar-refractivity contribution is -0.122. The highest BCUT2D eigenvalue weighted by atomic mass is 16.2. The quantitative estimate of drug-likeness (QED) is 0.923. The highest BCUT2D eigenvalue weighted by Gasteiger charge is 2.35. The van der Waals surface area contributed by atoms with Gasteiger partial charge in [-0.1, -0.05) is 18.2 Å². The van der Waals surface area contributed by atoms with E-state index in [2.05, 4.69) is 5.32 Å². The predicted molar refractivity (Wildman–Crippen MR) is 99.1 cm³/mol. The third-order valence-corrected chi connectivity index (χ3v) is 4.99. The summed E-state index contributed by atoms with van der Waals surface area (Å²) in [7, 11) is 1.74. The highest BCUT2D eigenvalue weighted by Crippen LogP contribution is 2.31. The first kappa shape index (κ1) is 16.3. The molecule has 2 aliphatic heterocycles. The van der Waals surface area contributed by atoms with Gasteiger partial charge in [0.2, 0.25) is 17.7 Å². The Balaban J connectivity index is 1.46. The van der Waals surface area contributed by atoms with Crippen LogP contribution in [0.5, 0.6) is 0 Å². The maximum Gasteiger partial charge on any atom is 0.231 e. The largest absolute Gasteiger partial charge is 0.326 e. The van der Waals surface area contributed by atoms with E-state index in [0.29, 0.717) is 18.7 Å². The van der Waals surface area contributed by atoms with E-state index in [1.54, 1.807) is 22.9 Å². The van der Waals surface area contributed by atoms with Gasteiger partial charge in [-0.25, -0.2) is 0 Å². The molecule has 2 heterocycles. The molecule has 0 aliphatic carbocycles. The Bertz CT molecular complexity index is 894. The summed E-state index contributed by atoms with van der Waals surface area (Å²) in [5.74, 6) is -0.560. The first-order valence-corrected chi connectivity index (χ1v) is 8.58. The van der Waals surface area contributed by atoms with Crippen LogP contribution in [0.3, 0.4) is 0 Å². The Morgan fingerprint density at radius 3 is 2.62 bits per heavy atom. The van der Waals surface area contributed by atoms with E-state index < -0.39 is 0 Å². The number of fused-ring (bicyclic) bond motifs is 1. The van der Waals surface area contributed by atoms with E-state index in [-0.39, 0.29) is 30.1 Å². The Kier molecular flexibility index (Phi) is 3.95. The lowest BCUT2D eigenvalue weighted by atomic mass is 10.1. The van der Waals surface area contributed by atoms with E-state index in [0.717, 1.165) is 16.9 Å². The van der Waals surface area contributed by atoms with Gasteiger partial charge in [0.15, 0.2) is 0 Å². The average Bonchev–Trinajstić information content (AvgIpc) is 3.16. The molecule has 1 atom stereocenters. The number of carbonyl (C=O) groups excluding carboxylic acids is 3. The van der Waals surface area contributed by atoms with Crippen LogP contribution in [0.4, 0.5) is 17.1 Å². The molecule has 2 aromatic rings. The molecule has 1 fully saturated rings. The van der Waals surface area contributed by atoms with Crippen molar-refractivity contribution in [1.82, 2.24) is 0 Å². The van der Waals surface area contributed by atoms with Gasteiger partial charge in [-0.05, 0) is 35.9 Å². The molecule has 2 aliphatic rings. The van der Waals surface area contributed by atoms with Gasteiger partial charge >= 0.3 is 0 Å². The summed E-state index contributed by atoms with van der Waals surface area (Å²) in [6.45, 7) is 0.376. The van der Waals surface area contributed by atoms with E-state index in [9.17, 15) is 14.4 Å². The van der Waals surface area contributed by atoms with Crippen molar-refractivity contribution in [3.05, 3.63) is 54.1 Å². The van der Waals surface area contributed by atoms with Crippen LogP contribution in [-0.4, -0.2) is 31.3 Å². The van der Waals surface area contributed by atoms with Crippen LogP contribution < -0.4 is 15.1 Å². The summed E-state index contributed by atoms with van der Waals surface area (Å²) >= 11 is 0. The highest BCUT2D eigenvalue weighted by molar-refractivity contribution is 6.04. The molecule has 6 nitrogen and oxygen atoms in total. The Hall–Kier alpha value is -3.15. The molecule has 26 heavy (non-hydrogen) atoms. The number of hydrogen-bond donors (Lipinski definition) is 1. The van der Waals surface area contributed by atoms with Gasteiger partial charge in [-0.2, -0.15) is 0 Å². The van der Waals surface area contributed by atoms with Gasteiger partial charge in [0.1, 0.15) is 0 Å². The molecule has 4 rings (SSSR count). The number of carbonyl (C=O) groups is 3. The maximum atomic E-state index is 12.6. The molecule has 0 radical (unpaired) electrons. The standard InChI is InChI=1S/C20H19N3O3/c1-22-17-8-7-15(9-13(17)10-18(22)24)21-20(26)14-11-19(25)23(12-14)16-5-3-2-4-6-16/h2-9,14H,10-12H2,1H3,(H,21,26). The van der Waals surface area contributed by atoms with Crippen molar-refractivity contribution in [3.63, 3.8) is 0 Å². The van der Waals surface area contributed by atoms with E-state index >= 15 is 0 Å². The molecule has 132 valence electrons. The second kappa shape index (κ2) is 6.29. The number of amides is 3. The van der Waals surface area contributed by atoms with Crippen molar-refractivity contribution in [3.8, 4) is 0 Å². The van der Waals surface area contributed by atoms with Crippen molar-refractivity contribution in [2.75, 3.05) is 28.7 Å². The third kappa shape index (κ3) is 2.83. The molecule has 1 N–H and O–H groups in total. The topological polar surface area (TPSA) is 69.7 Å². The summed E-state index contributed by atoms with van der Waals surface area (Å²) in [5.41, 5.74) is 3.25. The Labute approximate surface area is 151 Å². The molecule has 0 spiro atoms. The Morgan fingerprint density at radius 2 is 1.85 bits per heavy atom. The van der Waals surface area contributed by atoms with Gasteiger partial charge < -0.3 is 15.1 Å². The summed E-state index contributed by atoms with van der Waals surface area (Å²) in [6, 6.07) is 14.8. The first-order valence-electron chi connectivity index (χ1n) is 8.58. The molecule has 1 unspecified atom stereocenters. The molecule has 3 amide bonds. The minimum atomic E-state index is -0.389. The smallest absolute Gasteiger partial charge is 0.231 e.